The van der Waals surface area contributed by atoms with E-state index < -0.39 is 0 Å². The maximum Gasteiger partial charge on any atom is 0.159 e. The summed E-state index contributed by atoms with van der Waals surface area (Å²) in [5.41, 5.74) is 8.93. The van der Waals surface area contributed by atoms with Gasteiger partial charge in [0.05, 0.1) is 0 Å². The number of hydrogen-bond acceptors (Lipinski definition) is 2. The minimum atomic E-state index is 0.264. The van der Waals surface area contributed by atoms with Gasteiger partial charge in [0.25, 0.3) is 0 Å². The highest BCUT2D eigenvalue weighted by Crippen LogP contribution is 2.44. The Kier molecular flexibility index (Phi) is 2.06. The van der Waals surface area contributed by atoms with Gasteiger partial charge in [-0.1, -0.05) is 6.08 Å². The van der Waals surface area contributed by atoms with Gasteiger partial charge in [-0.05, 0) is 54.7 Å². The van der Waals surface area contributed by atoms with E-state index in [1.54, 1.807) is 0 Å². The Morgan fingerprint density at radius 2 is 1.80 bits per heavy atom. The molecule has 80 valence electrons. The summed E-state index contributed by atoms with van der Waals surface area (Å²) in [7, 11) is 0. The van der Waals surface area contributed by atoms with E-state index in [0.29, 0.717) is 24.3 Å². The molecule has 2 saturated carbocycles. The molecule has 3 aliphatic carbocycles. The number of allylic oxidation sites excluding steroid dienone is 4. The van der Waals surface area contributed by atoms with Crippen molar-refractivity contribution in [3.8, 4) is 0 Å². The van der Waals surface area contributed by atoms with Gasteiger partial charge in [-0.2, -0.15) is 0 Å². The molecule has 0 amide bonds. The third-order valence-electron chi connectivity index (χ3n) is 4.26. The highest BCUT2D eigenvalue weighted by Gasteiger charge is 2.38. The van der Waals surface area contributed by atoms with Crippen LogP contribution in [0.3, 0.4) is 0 Å². The number of hydrogen-bond donors (Lipinski definition) is 1. The molecule has 0 aliphatic heterocycles. The molecule has 3 aliphatic rings. The molecule has 3 rings (SSSR count). The summed E-state index contributed by atoms with van der Waals surface area (Å²) in [6.07, 6.45) is 9.28. The number of ketones is 1. The predicted molar refractivity (Wildman–Crippen MR) is 59.2 cm³/mol. The largest absolute Gasteiger partial charge is 0.327 e. The molecule has 0 aromatic heterocycles. The van der Waals surface area contributed by atoms with E-state index >= 15 is 0 Å². The van der Waals surface area contributed by atoms with Gasteiger partial charge in [0.1, 0.15) is 0 Å². The molecular formula is C13H17NO. The van der Waals surface area contributed by atoms with E-state index in [1.807, 2.05) is 6.08 Å². The van der Waals surface area contributed by atoms with Gasteiger partial charge in [0, 0.05) is 12.5 Å². The van der Waals surface area contributed by atoms with E-state index in [0.717, 1.165) is 12.8 Å². The quantitative estimate of drug-likeness (QED) is 0.654. The minimum absolute atomic E-state index is 0.264. The van der Waals surface area contributed by atoms with Gasteiger partial charge >= 0.3 is 0 Å². The number of fused-ring (bicyclic) bond motifs is 3. The van der Waals surface area contributed by atoms with E-state index in [4.69, 9.17) is 5.73 Å². The van der Waals surface area contributed by atoms with Crippen LogP contribution in [0.2, 0.25) is 0 Å². The first-order chi connectivity index (χ1) is 7.24. The van der Waals surface area contributed by atoms with Crippen LogP contribution in [0.1, 0.15) is 32.1 Å². The van der Waals surface area contributed by atoms with E-state index in [2.05, 4.69) is 6.08 Å². The Balaban J connectivity index is 1.95. The Bertz CT molecular complexity index is 367. The summed E-state index contributed by atoms with van der Waals surface area (Å²) in [6, 6.07) is 0.368. The molecule has 3 unspecified atom stereocenters. The van der Waals surface area contributed by atoms with Gasteiger partial charge < -0.3 is 5.73 Å². The Morgan fingerprint density at radius 3 is 2.53 bits per heavy atom. The number of nitrogens with two attached hydrogens (primary N) is 1. The molecule has 2 fully saturated rings. The van der Waals surface area contributed by atoms with Crippen molar-refractivity contribution in [2.45, 2.75) is 38.1 Å². The molecular weight excluding hydrogens is 186 g/mol. The van der Waals surface area contributed by atoms with E-state index in [1.165, 1.54) is 24.0 Å². The average molecular weight is 203 g/mol. The molecule has 0 aromatic carbocycles. The second kappa shape index (κ2) is 3.31. The second-order valence-corrected chi connectivity index (χ2v) is 5.15. The zero-order chi connectivity index (χ0) is 10.4. The molecule has 2 nitrogen and oxygen atoms in total. The SMILES string of the molecule is NC1C2CCC1CC1=CC(=O)CC=C1C2. The fraction of sp³-hybridized carbons (Fsp3) is 0.615. The average Bonchev–Trinajstić information content (AvgIpc) is 2.44. The van der Waals surface area contributed by atoms with Gasteiger partial charge in [-0.3, -0.25) is 4.79 Å². The molecule has 15 heavy (non-hydrogen) atoms. The Hall–Kier alpha value is -0.890. The fourth-order valence-electron chi connectivity index (χ4n) is 3.34. The van der Waals surface area contributed by atoms with Gasteiger partial charge in [0.15, 0.2) is 5.78 Å². The smallest absolute Gasteiger partial charge is 0.159 e. The van der Waals surface area contributed by atoms with Crippen LogP contribution >= 0.6 is 0 Å². The van der Waals surface area contributed by atoms with Crippen molar-refractivity contribution in [1.82, 2.24) is 0 Å². The molecule has 2 heteroatoms. The lowest BCUT2D eigenvalue weighted by Crippen LogP contribution is -2.29. The van der Waals surface area contributed by atoms with Crippen molar-refractivity contribution in [2.24, 2.45) is 17.6 Å². The summed E-state index contributed by atoms with van der Waals surface area (Å²) in [5.74, 6) is 1.55. The normalized spacial score (nSPS) is 39.3. The minimum Gasteiger partial charge on any atom is -0.327 e. The lowest BCUT2D eigenvalue weighted by molar-refractivity contribution is -0.114. The molecule has 0 saturated heterocycles. The van der Waals surface area contributed by atoms with Crippen molar-refractivity contribution in [3.63, 3.8) is 0 Å². The number of carbonyl (C=O) groups is 1. The lowest BCUT2D eigenvalue weighted by atomic mass is 9.87. The summed E-state index contributed by atoms with van der Waals surface area (Å²) >= 11 is 0. The maximum absolute atomic E-state index is 11.4. The van der Waals surface area contributed by atoms with Crippen LogP contribution < -0.4 is 5.73 Å². The summed E-state index contributed by atoms with van der Waals surface area (Å²) in [5, 5.41) is 0. The molecule has 3 atom stereocenters. The molecule has 2 N–H and O–H groups in total. The zero-order valence-corrected chi connectivity index (χ0v) is 8.91. The van der Waals surface area contributed by atoms with Crippen LogP contribution in [-0.2, 0) is 4.79 Å². The van der Waals surface area contributed by atoms with Crippen LogP contribution in [0.4, 0.5) is 0 Å². The van der Waals surface area contributed by atoms with Crippen LogP contribution in [-0.4, -0.2) is 11.8 Å². The van der Waals surface area contributed by atoms with Crippen molar-refractivity contribution >= 4 is 5.78 Å². The first-order valence-electron chi connectivity index (χ1n) is 5.92. The topological polar surface area (TPSA) is 43.1 Å². The highest BCUT2D eigenvalue weighted by molar-refractivity contribution is 5.93. The van der Waals surface area contributed by atoms with Crippen molar-refractivity contribution in [3.05, 3.63) is 23.3 Å². The molecule has 0 radical (unpaired) electrons. The lowest BCUT2D eigenvalue weighted by Gasteiger charge is -2.18. The van der Waals surface area contributed by atoms with Crippen molar-refractivity contribution < 1.29 is 4.79 Å². The third-order valence-corrected chi connectivity index (χ3v) is 4.26. The van der Waals surface area contributed by atoms with E-state index in [9.17, 15) is 4.79 Å². The molecule has 0 heterocycles. The third kappa shape index (κ3) is 1.48. The summed E-state index contributed by atoms with van der Waals surface area (Å²) in [6.45, 7) is 0. The van der Waals surface area contributed by atoms with Gasteiger partial charge in [-0.15, -0.1) is 0 Å². The maximum atomic E-state index is 11.4. The first kappa shape index (κ1) is 9.34. The highest BCUT2D eigenvalue weighted by atomic mass is 16.1. The summed E-state index contributed by atoms with van der Waals surface area (Å²) in [4.78, 5) is 11.4. The zero-order valence-electron chi connectivity index (χ0n) is 8.91. The Morgan fingerprint density at radius 1 is 1.13 bits per heavy atom. The standard InChI is InChI=1S/C13H17NO/c14-13-9-1-2-10(13)6-11-7-12(15)4-3-8(11)5-9/h3,7,9-10,13H,1-2,4-6,14H2. The van der Waals surface area contributed by atoms with Crippen LogP contribution in [0.5, 0.6) is 0 Å². The summed E-state index contributed by atoms with van der Waals surface area (Å²) < 4.78 is 0. The molecule has 2 bridgehead atoms. The van der Waals surface area contributed by atoms with Crippen LogP contribution in [0, 0.1) is 11.8 Å². The molecule has 0 aromatic rings. The molecule has 0 spiro atoms. The predicted octanol–water partition coefficient (Wildman–Crippen LogP) is 1.96. The fourth-order valence-corrected chi connectivity index (χ4v) is 3.34. The van der Waals surface area contributed by atoms with Crippen molar-refractivity contribution in [1.29, 1.82) is 0 Å². The van der Waals surface area contributed by atoms with Gasteiger partial charge in [-0.25, -0.2) is 0 Å². The van der Waals surface area contributed by atoms with Crippen LogP contribution in [0.15, 0.2) is 23.3 Å². The number of carbonyl (C=O) groups excluding carboxylic acids is 1. The Labute approximate surface area is 90.2 Å². The monoisotopic (exact) mass is 203 g/mol. The number of rotatable bonds is 0. The van der Waals surface area contributed by atoms with Crippen LogP contribution in [0.25, 0.3) is 0 Å². The second-order valence-electron chi connectivity index (χ2n) is 5.15. The van der Waals surface area contributed by atoms with E-state index in [-0.39, 0.29) is 5.78 Å². The first-order valence-corrected chi connectivity index (χ1v) is 5.92. The van der Waals surface area contributed by atoms with Gasteiger partial charge in [0.2, 0.25) is 0 Å². The van der Waals surface area contributed by atoms with Crippen molar-refractivity contribution in [2.75, 3.05) is 0 Å².